The van der Waals surface area contributed by atoms with Crippen LogP contribution in [0.1, 0.15) is 28.4 Å². The predicted molar refractivity (Wildman–Crippen MR) is 108 cm³/mol. The summed E-state index contributed by atoms with van der Waals surface area (Å²) in [4.78, 5) is 3.68. The number of rotatable bonds is 4. The summed E-state index contributed by atoms with van der Waals surface area (Å²) in [6.07, 6.45) is 1.95. The lowest BCUT2D eigenvalue weighted by atomic mass is 9.94. The maximum absolute atomic E-state index is 5.45. The fourth-order valence-corrected chi connectivity index (χ4v) is 4.31. The Bertz CT molecular complexity index is 964. The quantitative estimate of drug-likeness (QED) is 0.650. The van der Waals surface area contributed by atoms with Gasteiger partial charge in [-0.2, -0.15) is 0 Å². The Hall–Kier alpha value is -1.98. The van der Waals surface area contributed by atoms with Crippen molar-refractivity contribution < 1.29 is 9.47 Å². The number of hydrogen-bond donors (Lipinski definition) is 2. The van der Waals surface area contributed by atoms with Crippen molar-refractivity contribution in [1.82, 2.24) is 10.3 Å². The van der Waals surface area contributed by atoms with Crippen molar-refractivity contribution in [2.24, 2.45) is 0 Å². The average molecular weight is 415 g/mol. The summed E-state index contributed by atoms with van der Waals surface area (Å²) >= 11 is 3.75. The molecule has 1 aliphatic rings. The van der Waals surface area contributed by atoms with Crippen LogP contribution in [-0.4, -0.2) is 25.7 Å². The Kier molecular flexibility index (Phi) is 4.67. The van der Waals surface area contributed by atoms with Crippen molar-refractivity contribution in [3.8, 4) is 11.5 Å². The number of aromatic nitrogens is 1. The molecule has 5 heteroatoms. The van der Waals surface area contributed by atoms with E-state index in [0.29, 0.717) is 0 Å². The molecule has 136 valence electrons. The van der Waals surface area contributed by atoms with Gasteiger partial charge in [-0.1, -0.05) is 18.2 Å². The average Bonchev–Trinajstić information content (AvgIpc) is 3.05. The minimum atomic E-state index is 0.261. The molecule has 0 spiro atoms. The van der Waals surface area contributed by atoms with Crippen molar-refractivity contribution in [3.63, 3.8) is 0 Å². The molecule has 2 heterocycles. The van der Waals surface area contributed by atoms with E-state index in [9.17, 15) is 0 Å². The summed E-state index contributed by atoms with van der Waals surface area (Å²) in [5.74, 6) is 1.54. The Morgan fingerprint density at radius 3 is 2.69 bits per heavy atom. The molecule has 1 aliphatic heterocycles. The maximum atomic E-state index is 5.45. The minimum Gasteiger partial charge on any atom is -0.493 e. The van der Waals surface area contributed by atoms with Gasteiger partial charge < -0.3 is 19.8 Å². The molecular formula is C21H23BrN2O2. The van der Waals surface area contributed by atoms with Gasteiger partial charge in [-0.15, -0.1) is 0 Å². The zero-order valence-electron chi connectivity index (χ0n) is 15.3. The molecular weight excluding hydrogens is 392 g/mol. The monoisotopic (exact) mass is 414 g/mol. The van der Waals surface area contributed by atoms with E-state index in [1.165, 1.54) is 33.3 Å². The Balaban J connectivity index is 1.71. The van der Waals surface area contributed by atoms with Crippen LogP contribution < -0.4 is 14.8 Å². The Labute approximate surface area is 162 Å². The maximum Gasteiger partial charge on any atom is 0.160 e. The lowest BCUT2D eigenvalue weighted by Gasteiger charge is -2.24. The molecule has 26 heavy (non-hydrogen) atoms. The SMILES string of the molecule is COc1ccc(CC2NCCc3c2[nH]c2c(Br)c(C)ccc32)cc1OC. The molecule has 0 bridgehead atoms. The van der Waals surface area contributed by atoms with Gasteiger partial charge in [0, 0.05) is 15.6 Å². The predicted octanol–water partition coefficient (Wildman–Crippen LogP) is 4.69. The van der Waals surface area contributed by atoms with Gasteiger partial charge in [-0.25, -0.2) is 0 Å². The third-order valence-corrected chi connectivity index (χ3v) is 6.27. The molecule has 0 radical (unpaired) electrons. The molecule has 2 aromatic carbocycles. The Morgan fingerprint density at radius 2 is 1.92 bits per heavy atom. The summed E-state index contributed by atoms with van der Waals surface area (Å²) in [6, 6.07) is 10.8. The molecule has 0 amide bonds. The summed E-state index contributed by atoms with van der Waals surface area (Å²) in [5, 5.41) is 5.00. The zero-order chi connectivity index (χ0) is 18.3. The van der Waals surface area contributed by atoms with Crippen molar-refractivity contribution in [3.05, 3.63) is 57.2 Å². The first kappa shape index (κ1) is 17.4. The minimum absolute atomic E-state index is 0.261. The smallest absolute Gasteiger partial charge is 0.160 e. The van der Waals surface area contributed by atoms with E-state index in [2.05, 4.69) is 57.4 Å². The van der Waals surface area contributed by atoms with Gasteiger partial charge in [0.1, 0.15) is 0 Å². The van der Waals surface area contributed by atoms with Gasteiger partial charge in [-0.05, 0) is 71.1 Å². The number of fused-ring (bicyclic) bond motifs is 3. The number of hydrogen-bond acceptors (Lipinski definition) is 3. The molecule has 1 aromatic heterocycles. The van der Waals surface area contributed by atoms with Gasteiger partial charge in [-0.3, -0.25) is 0 Å². The van der Waals surface area contributed by atoms with Crippen molar-refractivity contribution >= 4 is 26.8 Å². The molecule has 4 nitrogen and oxygen atoms in total. The van der Waals surface area contributed by atoms with Crippen LogP contribution in [0.15, 0.2) is 34.8 Å². The lowest BCUT2D eigenvalue weighted by Crippen LogP contribution is -2.31. The fourth-order valence-electron chi connectivity index (χ4n) is 3.87. The van der Waals surface area contributed by atoms with Crippen LogP contribution in [0.5, 0.6) is 11.5 Å². The van der Waals surface area contributed by atoms with Crippen LogP contribution in [0, 0.1) is 6.92 Å². The molecule has 1 unspecified atom stereocenters. The number of ether oxygens (including phenoxy) is 2. The van der Waals surface area contributed by atoms with E-state index in [4.69, 9.17) is 9.47 Å². The van der Waals surface area contributed by atoms with E-state index in [1.807, 2.05) is 6.07 Å². The molecule has 3 aromatic rings. The van der Waals surface area contributed by atoms with Crippen LogP contribution in [0.4, 0.5) is 0 Å². The molecule has 4 rings (SSSR count). The van der Waals surface area contributed by atoms with Crippen LogP contribution >= 0.6 is 15.9 Å². The second-order valence-electron chi connectivity index (χ2n) is 6.79. The molecule has 0 aliphatic carbocycles. The second-order valence-corrected chi connectivity index (χ2v) is 7.58. The number of methoxy groups -OCH3 is 2. The van der Waals surface area contributed by atoms with Gasteiger partial charge >= 0.3 is 0 Å². The topological polar surface area (TPSA) is 46.3 Å². The zero-order valence-corrected chi connectivity index (χ0v) is 16.9. The third-order valence-electron chi connectivity index (χ3n) is 5.25. The van der Waals surface area contributed by atoms with Crippen LogP contribution in [-0.2, 0) is 12.8 Å². The van der Waals surface area contributed by atoms with Crippen molar-refractivity contribution in [2.75, 3.05) is 20.8 Å². The number of aryl methyl sites for hydroxylation is 1. The number of H-pyrrole nitrogens is 1. The van der Waals surface area contributed by atoms with Crippen LogP contribution in [0.3, 0.4) is 0 Å². The van der Waals surface area contributed by atoms with Gasteiger partial charge in [0.15, 0.2) is 11.5 Å². The summed E-state index contributed by atoms with van der Waals surface area (Å²) in [7, 11) is 3.34. The number of halogens is 1. The van der Waals surface area contributed by atoms with Crippen LogP contribution in [0.2, 0.25) is 0 Å². The molecule has 0 fully saturated rings. The largest absolute Gasteiger partial charge is 0.493 e. The Morgan fingerprint density at radius 1 is 1.12 bits per heavy atom. The van der Waals surface area contributed by atoms with Crippen LogP contribution in [0.25, 0.3) is 10.9 Å². The van der Waals surface area contributed by atoms with Crippen molar-refractivity contribution in [1.29, 1.82) is 0 Å². The molecule has 0 saturated heterocycles. The summed E-state index contributed by atoms with van der Waals surface area (Å²) in [6.45, 7) is 3.12. The number of benzene rings is 2. The number of nitrogens with one attached hydrogen (secondary N) is 2. The van der Waals surface area contributed by atoms with Gasteiger partial charge in [0.2, 0.25) is 0 Å². The molecule has 1 atom stereocenters. The first-order valence-electron chi connectivity index (χ1n) is 8.86. The fraction of sp³-hybridized carbons (Fsp3) is 0.333. The van der Waals surface area contributed by atoms with E-state index < -0.39 is 0 Å². The normalized spacial score (nSPS) is 16.5. The highest BCUT2D eigenvalue weighted by Gasteiger charge is 2.25. The second kappa shape index (κ2) is 6.97. The van der Waals surface area contributed by atoms with Crippen molar-refractivity contribution in [2.45, 2.75) is 25.8 Å². The summed E-state index contributed by atoms with van der Waals surface area (Å²) in [5.41, 5.74) is 6.41. The van der Waals surface area contributed by atoms with Gasteiger partial charge in [0.25, 0.3) is 0 Å². The number of aromatic amines is 1. The van der Waals surface area contributed by atoms with E-state index in [-0.39, 0.29) is 6.04 Å². The lowest BCUT2D eigenvalue weighted by molar-refractivity contribution is 0.354. The summed E-state index contributed by atoms with van der Waals surface area (Å²) < 4.78 is 12.0. The molecule has 2 N–H and O–H groups in total. The first-order chi connectivity index (χ1) is 12.6. The highest BCUT2D eigenvalue weighted by atomic mass is 79.9. The third kappa shape index (κ3) is 2.89. The highest BCUT2D eigenvalue weighted by Crippen LogP contribution is 2.37. The standard InChI is InChI=1S/C21H23BrN2O2/c1-12-4-6-14-15-8-9-23-16(20(15)24-21(14)19(12)22)10-13-5-7-17(25-2)18(11-13)26-3/h4-7,11,16,23-24H,8-10H2,1-3H3. The van der Waals surface area contributed by atoms with E-state index >= 15 is 0 Å². The highest BCUT2D eigenvalue weighted by molar-refractivity contribution is 9.10. The van der Waals surface area contributed by atoms with Gasteiger partial charge in [0.05, 0.1) is 25.8 Å². The van der Waals surface area contributed by atoms with E-state index in [1.54, 1.807) is 14.2 Å². The first-order valence-corrected chi connectivity index (χ1v) is 9.65. The van der Waals surface area contributed by atoms with E-state index in [0.717, 1.165) is 35.4 Å². The molecule has 0 saturated carbocycles.